The average molecular weight is 569 g/mol. The fourth-order valence-corrected chi connectivity index (χ4v) is 5.56. The minimum absolute atomic E-state index is 0.229. The van der Waals surface area contributed by atoms with Crippen LogP contribution in [0.25, 0.3) is 27.5 Å². The maximum absolute atomic E-state index is 13.8. The van der Waals surface area contributed by atoms with Crippen LogP contribution in [0.5, 0.6) is 0 Å². The first-order chi connectivity index (χ1) is 19.5. The van der Waals surface area contributed by atoms with E-state index in [1.165, 1.54) is 29.7 Å². The summed E-state index contributed by atoms with van der Waals surface area (Å²) < 4.78 is 21.0. The largest absolute Gasteiger partial charge is 0.459 e. The van der Waals surface area contributed by atoms with Crippen LogP contribution in [-0.2, 0) is 6.42 Å². The molecule has 0 atom stereocenters. The minimum atomic E-state index is -0.326. The van der Waals surface area contributed by atoms with E-state index in [1.807, 2.05) is 60.8 Å². The molecule has 0 bridgehead atoms. The van der Waals surface area contributed by atoms with Crippen molar-refractivity contribution in [2.24, 2.45) is 0 Å². The third-order valence-electron chi connectivity index (χ3n) is 6.37. The third-order valence-corrected chi connectivity index (χ3v) is 7.75. The molecule has 0 fully saturated rings. The zero-order valence-electron chi connectivity index (χ0n) is 21.1. The standard InChI is InChI=1S/C31H22ClFN4O2S/c32-24-10-4-21(5-11-24)16-19-36(30(38)27-3-1-20-39-27)31-28(35-29(40-31)23-6-12-25(33)13-7-23)22-8-14-26(15-9-22)37-18-2-17-34-37/h1-15,17-18,20H,16,19H2. The summed E-state index contributed by atoms with van der Waals surface area (Å²) in [6.07, 6.45) is 5.66. The van der Waals surface area contributed by atoms with Crippen molar-refractivity contribution in [1.29, 1.82) is 0 Å². The molecule has 0 saturated heterocycles. The first kappa shape index (κ1) is 25.7. The molecule has 1 amide bonds. The molecule has 6 nitrogen and oxygen atoms in total. The Morgan fingerprint density at radius 3 is 2.38 bits per heavy atom. The number of nitrogens with zero attached hydrogens (tertiary/aromatic N) is 4. The van der Waals surface area contributed by atoms with Gasteiger partial charge < -0.3 is 4.42 Å². The van der Waals surface area contributed by atoms with E-state index >= 15 is 0 Å². The number of hydrogen-bond donors (Lipinski definition) is 0. The van der Waals surface area contributed by atoms with E-state index in [2.05, 4.69) is 5.10 Å². The van der Waals surface area contributed by atoms with Gasteiger partial charge >= 0.3 is 0 Å². The molecule has 3 aromatic heterocycles. The average Bonchev–Trinajstić information content (AvgIpc) is 3.77. The van der Waals surface area contributed by atoms with Crippen LogP contribution in [0.2, 0.25) is 5.02 Å². The molecule has 198 valence electrons. The number of aromatic nitrogens is 3. The second-order valence-corrected chi connectivity index (χ2v) is 10.4. The van der Waals surface area contributed by atoms with Gasteiger partial charge in [-0.05, 0) is 78.7 Å². The Morgan fingerprint density at radius 2 is 1.70 bits per heavy atom. The van der Waals surface area contributed by atoms with Crippen LogP contribution in [0, 0.1) is 5.82 Å². The predicted molar refractivity (Wildman–Crippen MR) is 156 cm³/mol. The Labute approximate surface area is 238 Å². The predicted octanol–water partition coefficient (Wildman–Crippen LogP) is 7.94. The highest BCUT2D eigenvalue weighted by Crippen LogP contribution is 2.41. The molecule has 6 aromatic rings. The number of rotatable bonds is 8. The van der Waals surface area contributed by atoms with Gasteiger partial charge in [-0.3, -0.25) is 9.69 Å². The number of carbonyl (C=O) groups excluding carboxylic acids is 1. The van der Waals surface area contributed by atoms with Crippen LogP contribution in [-0.4, -0.2) is 27.2 Å². The van der Waals surface area contributed by atoms with Crippen LogP contribution < -0.4 is 4.90 Å². The molecule has 6 rings (SSSR count). The summed E-state index contributed by atoms with van der Waals surface area (Å²) >= 11 is 7.46. The van der Waals surface area contributed by atoms with Gasteiger partial charge in [-0.1, -0.05) is 47.2 Å². The van der Waals surface area contributed by atoms with Crippen molar-refractivity contribution in [3.8, 4) is 27.5 Å². The maximum Gasteiger partial charge on any atom is 0.294 e. The van der Waals surface area contributed by atoms with Crippen molar-refractivity contribution >= 4 is 33.8 Å². The van der Waals surface area contributed by atoms with Gasteiger partial charge in [-0.2, -0.15) is 5.10 Å². The summed E-state index contributed by atoms with van der Waals surface area (Å²) in [5.74, 6) is -0.372. The number of amides is 1. The van der Waals surface area contributed by atoms with Gasteiger partial charge in [0.2, 0.25) is 0 Å². The Balaban J connectivity index is 1.44. The molecular formula is C31H22ClFN4O2S. The zero-order valence-corrected chi connectivity index (χ0v) is 22.6. The van der Waals surface area contributed by atoms with Crippen molar-refractivity contribution in [2.75, 3.05) is 11.4 Å². The third kappa shape index (κ3) is 5.45. The molecule has 0 N–H and O–H groups in total. The molecule has 0 unspecified atom stereocenters. The van der Waals surface area contributed by atoms with Gasteiger partial charge in [0, 0.05) is 35.1 Å². The van der Waals surface area contributed by atoms with E-state index in [0.29, 0.717) is 33.7 Å². The normalized spacial score (nSPS) is 11.1. The number of thiazole rings is 1. The highest BCUT2D eigenvalue weighted by atomic mass is 35.5. The van der Waals surface area contributed by atoms with Crippen LogP contribution in [0.3, 0.4) is 0 Å². The summed E-state index contributed by atoms with van der Waals surface area (Å²) in [4.78, 5) is 20.5. The zero-order chi connectivity index (χ0) is 27.5. The molecule has 3 aromatic carbocycles. The molecule has 3 heterocycles. The number of benzene rings is 3. The number of anilines is 1. The second-order valence-electron chi connectivity index (χ2n) is 8.99. The number of carbonyl (C=O) groups is 1. The Morgan fingerprint density at radius 1 is 0.950 bits per heavy atom. The fraction of sp³-hybridized carbons (Fsp3) is 0.0645. The molecule has 0 aliphatic rings. The molecule has 0 spiro atoms. The number of furan rings is 1. The lowest BCUT2D eigenvalue weighted by Crippen LogP contribution is -2.32. The molecular weight excluding hydrogens is 547 g/mol. The number of hydrogen-bond acceptors (Lipinski definition) is 5. The van der Waals surface area contributed by atoms with Crippen molar-refractivity contribution in [1.82, 2.24) is 14.8 Å². The molecule has 40 heavy (non-hydrogen) atoms. The minimum Gasteiger partial charge on any atom is -0.459 e. The van der Waals surface area contributed by atoms with Gasteiger partial charge in [-0.15, -0.1) is 0 Å². The van der Waals surface area contributed by atoms with E-state index in [1.54, 1.807) is 40.0 Å². The summed E-state index contributed by atoms with van der Waals surface area (Å²) in [5, 5.41) is 6.29. The van der Waals surface area contributed by atoms with Crippen LogP contribution >= 0.6 is 22.9 Å². The lowest BCUT2D eigenvalue weighted by molar-refractivity contribution is 0.0961. The maximum atomic E-state index is 13.8. The van der Waals surface area contributed by atoms with E-state index in [0.717, 1.165) is 22.4 Å². The monoisotopic (exact) mass is 568 g/mol. The summed E-state index contributed by atoms with van der Waals surface area (Å²) in [6, 6.07) is 26.8. The van der Waals surface area contributed by atoms with Gasteiger partial charge in [0.25, 0.3) is 5.91 Å². The van der Waals surface area contributed by atoms with Gasteiger partial charge in [-0.25, -0.2) is 14.1 Å². The first-order valence-electron chi connectivity index (χ1n) is 12.5. The van der Waals surface area contributed by atoms with Crippen molar-refractivity contribution < 1.29 is 13.6 Å². The van der Waals surface area contributed by atoms with Gasteiger partial charge in [0.05, 0.1) is 12.0 Å². The topological polar surface area (TPSA) is 64.2 Å². The van der Waals surface area contributed by atoms with Crippen LogP contribution in [0.1, 0.15) is 16.1 Å². The summed E-state index contributed by atoms with van der Waals surface area (Å²) in [7, 11) is 0. The quantitative estimate of drug-likeness (QED) is 0.187. The summed E-state index contributed by atoms with van der Waals surface area (Å²) in [5.41, 5.74) is 4.17. The first-order valence-corrected chi connectivity index (χ1v) is 13.7. The molecule has 0 saturated carbocycles. The van der Waals surface area contributed by atoms with Crippen LogP contribution in [0.4, 0.5) is 9.39 Å². The van der Waals surface area contributed by atoms with Gasteiger partial charge in [0.1, 0.15) is 21.5 Å². The highest BCUT2D eigenvalue weighted by Gasteiger charge is 2.27. The second kappa shape index (κ2) is 11.3. The lowest BCUT2D eigenvalue weighted by Gasteiger charge is -2.21. The van der Waals surface area contributed by atoms with Gasteiger partial charge in [0.15, 0.2) is 5.76 Å². The van der Waals surface area contributed by atoms with Crippen molar-refractivity contribution in [3.05, 3.63) is 132 Å². The van der Waals surface area contributed by atoms with E-state index in [-0.39, 0.29) is 17.5 Å². The fourth-order valence-electron chi connectivity index (χ4n) is 4.31. The van der Waals surface area contributed by atoms with Crippen molar-refractivity contribution in [2.45, 2.75) is 6.42 Å². The Bertz CT molecular complexity index is 1710. The Hall–Kier alpha value is -4.53. The van der Waals surface area contributed by atoms with E-state index in [4.69, 9.17) is 21.0 Å². The molecule has 9 heteroatoms. The highest BCUT2D eigenvalue weighted by molar-refractivity contribution is 7.19. The SMILES string of the molecule is O=C(c1ccco1)N(CCc1ccc(Cl)cc1)c1sc(-c2ccc(F)cc2)nc1-c1ccc(-n2cccn2)cc1. The smallest absolute Gasteiger partial charge is 0.294 e. The summed E-state index contributed by atoms with van der Waals surface area (Å²) in [6.45, 7) is 0.380. The Kier molecular flexibility index (Phi) is 7.27. The number of halogens is 2. The molecule has 0 radical (unpaired) electrons. The lowest BCUT2D eigenvalue weighted by atomic mass is 10.1. The van der Waals surface area contributed by atoms with E-state index in [9.17, 15) is 9.18 Å². The molecule has 0 aliphatic heterocycles. The van der Waals surface area contributed by atoms with E-state index < -0.39 is 0 Å². The molecule has 0 aliphatic carbocycles. The van der Waals surface area contributed by atoms with Crippen LogP contribution in [0.15, 0.2) is 114 Å². The van der Waals surface area contributed by atoms with Crippen molar-refractivity contribution in [3.63, 3.8) is 0 Å².